The zero-order valence-corrected chi connectivity index (χ0v) is 17.6. The Bertz CT molecular complexity index is 887. The molecule has 2 aliphatic heterocycles. The van der Waals surface area contributed by atoms with Crippen LogP contribution in [0.1, 0.15) is 56.7 Å². The first-order valence-corrected chi connectivity index (χ1v) is 10.5. The van der Waals surface area contributed by atoms with Crippen LogP contribution in [0.25, 0.3) is 0 Å². The Morgan fingerprint density at radius 2 is 1.69 bits per heavy atom. The fourth-order valence-corrected chi connectivity index (χ4v) is 4.15. The number of piperidine rings is 1. The summed E-state index contributed by atoms with van der Waals surface area (Å²) in [4.78, 5) is 20.7. The molecular weight excluding hydrogens is 360 g/mol. The van der Waals surface area contributed by atoms with Gasteiger partial charge in [-0.15, -0.1) is 0 Å². The van der Waals surface area contributed by atoms with Crippen molar-refractivity contribution in [2.45, 2.75) is 57.5 Å². The first-order valence-electron chi connectivity index (χ1n) is 10.5. The number of nitrogens with zero attached hydrogens (tertiary/aromatic N) is 2. The van der Waals surface area contributed by atoms with E-state index in [-0.39, 0.29) is 16.9 Å². The highest BCUT2D eigenvalue weighted by Crippen LogP contribution is 2.36. The molecule has 0 unspecified atom stereocenters. The van der Waals surface area contributed by atoms with Gasteiger partial charge in [0.15, 0.2) is 0 Å². The van der Waals surface area contributed by atoms with Crippen LogP contribution in [0.3, 0.4) is 0 Å². The van der Waals surface area contributed by atoms with Gasteiger partial charge < -0.3 is 9.74 Å². The van der Waals surface area contributed by atoms with Crippen molar-refractivity contribution in [1.82, 2.24) is 4.90 Å². The van der Waals surface area contributed by atoms with Crippen LogP contribution in [0.5, 0.6) is 0 Å². The lowest BCUT2D eigenvalue weighted by Gasteiger charge is -2.37. The van der Waals surface area contributed by atoms with Gasteiger partial charge in [0.2, 0.25) is 5.91 Å². The molecule has 1 spiro atoms. The first kappa shape index (κ1) is 19.7. The monoisotopic (exact) mass is 390 g/mol. The maximum Gasteiger partial charge on any atom is 0.226 e. The van der Waals surface area contributed by atoms with E-state index < -0.39 is 0 Å². The molecule has 0 saturated carbocycles. The van der Waals surface area contributed by atoms with Crippen LogP contribution in [-0.4, -0.2) is 35.2 Å². The van der Waals surface area contributed by atoms with Crippen molar-refractivity contribution in [2.24, 2.45) is 5.16 Å². The standard InChI is InChI=1S/C25H30N2O2/c1-24(2,3)21-11-9-19(10-12-21)17-23(28)27-15-13-25(14-16-27)18-22(26-29-25)20-7-5-4-6-8-20/h4-12H,13-18H2,1-3H3. The van der Waals surface area contributed by atoms with Crippen molar-refractivity contribution in [1.29, 1.82) is 0 Å². The molecule has 0 aliphatic carbocycles. The summed E-state index contributed by atoms with van der Waals surface area (Å²) >= 11 is 0. The average Bonchev–Trinajstić information content (AvgIpc) is 3.12. The lowest BCUT2D eigenvalue weighted by molar-refractivity contribution is -0.136. The minimum atomic E-state index is -0.240. The number of carbonyl (C=O) groups excluding carboxylic acids is 1. The number of benzene rings is 2. The number of likely N-dealkylation sites (tertiary alicyclic amines) is 1. The van der Waals surface area contributed by atoms with Crippen LogP contribution in [0.15, 0.2) is 59.8 Å². The second-order valence-corrected chi connectivity index (χ2v) is 9.36. The number of hydrogen-bond donors (Lipinski definition) is 0. The Morgan fingerprint density at radius 3 is 2.31 bits per heavy atom. The summed E-state index contributed by atoms with van der Waals surface area (Å²) in [5, 5.41) is 4.36. The third kappa shape index (κ3) is 4.36. The fourth-order valence-electron chi connectivity index (χ4n) is 4.15. The van der Waals surface area contributed by atoms with Gasteiger partial charge in [-0.3, -0.25) is 4.79 Å². The van der Waals surface area contributed by atoms with E-state index in [4.69, 9.17) is 4.84 Å². The quantitative estimate of drug-likeness (QED) is 0.761. The van der Waals surface area contributed by atoms with Crippen molar-refractivity contribution in [3.8, 4) is 0 Å². The maximum absolute atomic E-state index is 12.8. The fraction of sp³-hybridized carbons (Fsp3) is 0.440. The highest BCUT2D eigenvalue weighted by atomic mass is 16.7. The van der Waals surface area contributed by atoms with Crippen LogP contribution >= 0.6 is 0 Å². The molecule has 0 N–H and O–H groups in total. The molecule has 2 aromatic carbocycles. The lowest BCUT2D eigenvalue weighted by Crippen LogP contribution is -2.47. The van der Waals surface area contributed by atoms with E-state index in [0.29, 0.717) is 6.42 Å². The molecular formula is C25H30N2O2. The van der Waals surface area contributed by atoms with Gasteiger partial charge in [-0.2, -0.15) is 0 Å². The number of rotatable bonds is 3. The van der Waals surface area contributed by atoms with Crippen molar-refractivity contribution < 1.29 is 9.63 Å². The minimum Gasteiger partial charge on any atom is -0.388 e. The van der Waals surface area contributed by atoms with Gasteiger partial charge >= 0.3 is 0 Å². The Labute approximate surface area is 173 Å². The third-order valence-electron chi connectivity index (χ3n) is 6.15. The molecule has 0 atom stereocenters. The largest absolute Gasteiger partial charge is 0.388 e. The highest BCUT2D eigenvalue weighted by molar-refractivity contribution is 6.01. The lowest BCUT2D eigenvalue weighted by atomic mass is 9.85. The molecule has 4 nitrogen and oxygen atoms in total. The first-order chi connectivity index (χ1) is 13.8. The van der Waals surface area contributed by atoms with E-state index >= 15 is 0 Å². The van der Waals surface area contributed by atoms with Crippen molar-refractivity contribution >= 4 is 11.6 Å². The Kier molecular flexibility index (Phi) is 5.20. The van der Waals surface area contributed by atoms with Crippen LogP contribution in [0, 0.1) is 0 Å². The van der Waals surface area contributed by atoms with E-state index in [1.54, 1.807) is 0 Å². The zero-order chi connectivity index (χ0) is 20.5. The molecule has 4 heteroatoms. The van der Waals surface area contributed by atoms with E-state index in [2.05, 4.69) is 62.3 Å². The molecule has 1 saturated heterocycles. The summed E-state index contributed by atoms with van der Waals surface area (Å²) in [6.45, 7) is 8.07. The number of oxime groups is 1. The molecule has 2 aromatic rings. The zero-order valence-electron chi connectivity index (χ0n) is 17.6. The van der Waals surface area contributed by atoms with Crippen molar-refractivity contribution in [3.05, 3.63) is 71.3 Å². The second kappa shape index (κ2) is 7.66. The second-order valence-electron chi connectivity index (χ2n) is 9.36. The highest BCUT2D eigenvalue weighted by Gasteiger charge is 2.43. The van der Waals surface area contributed by atoms with E-state index in [9.17, 15) is 4.79 Å². The number of hydrogen-bond acceptors (Lipinski definition) is 3. The summed E-state index contributed by atoms with van der Waals surface area (Å²) in [6, 6.07) is 18.7. The van der Waals surface area contributed by atoms with Crippen LogP contribution in [-0.2, 0) is 21.5 Å². The molecule has 0 bridgehead atoms. The minimum absolute atomic E-state index is 0.131. The molecule has 29 heavy (non-hydrogen) atoms. The summed E-state index contributed by atoms with van der Waals surface area (Å²) < 4.78 is 0. The molecule has 1 amide bonds. The molecule has 2 aliphatic rings. The molecule has 0 aromatic heterocycles. The van der Waals surface area contributed by atoms with Crippen molar-refractivity contribution in [3.63, 3.8) is 0 Å². The van der Waals surface area contributed by atoms with Gasteiger partial charge in [0.25, 0.3) is 0 Å². The van der Waals surface area contributed by atoms with Crippen LogP contribution in [0.2, 0.25) is 0 Å². The molecule has 2 heterocycles. The summed E-state index contributed by atoms with van der Waals surface area (Å²) in [7, 11) is 0. The smallest absolute Gasteiger partial charge is 0.226 e. The van der Waals surface area contributed by atoms with Crippen molar-refractivity contribution in [2.75, 3.05) is 13.1 Å². The van der Waals surface area contributed by atoms with E-state index in [1.165, 1.54) is 5.56 Å². The predicted molar refractivity (Wildman–Crippen MR) is 116 cm³/mol. The van der Waals surface area contributed by atoms with Crippen LogP contribution in [0.4, 0.5) is 0 Å². The van der Waals surface area contributed by atoms with E-state index in [1.807, 2.05) is 23.1 Å². The average molecular weight is 391 g/mol. The molecule has 4 rings (SSSR count). The third-order valence-corrected chi connectivity index (χ3v) is 6.15. The normalized spacial score (nSPS) is 18.4. The van der Waals surface area contributed by atoms with Gasteiger partial charge in [0, 0.05) is 32.4 Å². The van der Waals surface area contributed by atoms with Gasteiger partial charge in [0.1, 0.15) is 5.60 Å². The number of carbonyl (C=O) groups is 1. The number of amides is 1. The molecule has 152 valence electrons. The molecule has 0 radical (unpaired) electrons. The summed E-state index contributed by atoms with van der Waals surface area (Å²) in [5.41, 5.74) is 4.41. The predicted octanol–water partition coefficient (Wildman–Crippen LogP) is 4.71. The Hall–Kier alpha value is -2.62. The van der Waals surface area contributed by atoms with Crippen LogP contribution < -0.4 is 0 Å². The van der Waals surface area contributed by atoms with Gasteiger partial charge in [-0.1, -0.05) is 80.5 Å². The summed E-state index contributed by atoms with van der Waals surface area (Å²) in [6.07, 6.45) is 2.96. The van der Waals surface area contributed by atoms with E-state index in [0.717, 1.165) is 49.2 Å². The maximum atomic E-state index is 12.8. The van der Waals surface area contributed by atoms with Gasteiger partial charge in [-0.25, -0.2) is 0 Å². The SMILES string of the molecule is CC(C)(C)c1ccc(CC(=O)N2CCC3(CC2)CC(c2ccccc2)=NO3)cc1. The Balaban J connectivity index is 1.31. The molecule has 1 fully saturated rings. The summed E-state index contributed by atoms with van der Waals surface area (Å²) in [5.74, 6) is 0.200. The van der Waals surface area contributed by atoms with Gasteiger partial charge in [0.05, 0.1) is 12.1 Å². The van der Waals surface area contributed by atoms with Gasteiger partial charge in [-0.05, 0) is 22.1 Å². The Morgan fingerprint density at radius 1 is 1.03 bits per heavy atom. The topological polar surface area (TPSA) is 41.9 Å².